The van der Waals surface area contributed by atoms with Crippen LogP contribution in [0.25, 0.3) is 0 Å². The zero-order valence-corrected chi connectivity index (χ0v) is 12.5. The second-order valence-electron chi connectivity index (χ2n) is 4.94. The standard InChI is InChI=1S/C13H18N2O2S2/c1-15(9-10-5-4-6-10)19(16,17)12-8-3-2-7-11(12)13(14)18/h2-3,7-8,10H,4-6,9H2,1H3,(H2,14,18). The van der Waals surface area contributed by atoms with Gasteiger partial charge in [0.05, 0.1) is 4.90 Å². The molecular weight excluding hydrogens is 280 g/mol. The van der Waals surface area contributed by atoms with Crippen molar-refractivity contribution in [1.82, 2.24) is 4.31 Å². The van der Waals surface area contributed by atoms with Crippen LogP contribution in [0, 0.1) is 5.92 Å². The van der Waals surface area contributed by atoms with E-state index in [-0.39, 0.29) is 9.88 Å². The summed E-state index contributed by atoms with van der Waals surface area (Å²) in [5.41, 5.74) is 6.01. The highest BCUT2D eigenvalue weighted by atomic mass is 32.2. The number of hydrogen-bond donors (Lipinski definition) is 1. The van der Waals surface area contributed by atoms with E-state index in [2.05, 4.69) is 0 Å². The molecule has 1 fully saturated rings. The summed E-state index contributed by atoms with van der Waals surface area (Å²) in [4.78, 5) is 0.306. The van der Waals surface area contributed by atoms with E-state index in [0.29, 0.717) is 18.0 Å². The van der Waals surface area contributed by atoms with Gasteiger partial charge < -0.3 is 5.73 Å². The van der Waals surface area contributed by atoms with Crippen molar-refractivity contribution in [3.63, 3.8) is 0 Å². The molecule has 1 aromatic carbocycles. The zero-order valence-electron chi connectivity index (χ0n) is 10.9. The Morgan fingerprint density at radius 2 is 2.05 bits per heavy atom. The Morgan fingerprint density at radius 3 is 2.58 bits per heavy atom. The number of nitrogens with zero attached hydrogens (tertiary/aromatic N) is 1. The fourth-order valence-corrected chi connectivity index (χ4v) is 3.89. The molecule has 2 N–H and O–H groups in total. The predicted molar refractivity (Wildman–Crippen MR) is 79.5 cm³/mol. The Balaban J connectivity index is 2.30. The SMILES string of the molecule is CN(CC1CCC1)S(=O)(=O)c1ccccc1C(N)=S. The Bertz CT molecular complexity index is 580. The summed E-state index contributed by atoms with van der Waals surface area (Å²) in [7, 11) is -1.91. The molecule has 0 heterocycles. The summed E-state index contributed by atoms with van der Waals surface area (Å²) < 4.78 is 26.5. The minimum Gasteiger partial charge on any atom is -0.389 e. The van der Waals surface area contributed by atoms with Crippen LogP contribution >= 0.6 is 12.2 Å². The molecule has 1 aliphatic rings. The van der Waals surface area contributed by atoms with Gasteiger partial charge in [0, 0.05) is 19.2 Å². The Morgan fingerprint density at radius 1 is 1.42 bits per heavy atom. The summed E-state index contributed by atoms with van der Waals surface area (Å²) in [6.07, 6.45) is 3.41. The van der Waals surface area contributed by atoms with Gasteiger partial charge in [-0.05, 0) is 24.8 Å². The first-order valence-corrected chi connectivity index (χ1v) is 8.13. The van der Waals surface area contributed by atoms with Gasteiger partial charge in [-0.3, -0.25) is 0 Å². The van der Waals surface area contributed by atoms with Crippen LogP contribution in [0.2, 0.25) is 0 Å². The second kappa shape index (κ2) is 5.56. The molecule has 2 rings (SSSR count). The number of hydrogen-bond acceptors (Lipinski definition) is 3. The second-order valence-corrected chi connectivity index (χ2v) is 7.40. The van der Waals surface area contributed by atoms with Crippen LogP contribution in [0.15, 0.2) is 29.2 Å². The van der Waals surface area contributed by atoms with E-state index in [0.717, 1.165) is 12.8 Å². The largest absolute Gasteiger partial charge is 0.389 e. The minimum absolute atomic E-state index is 0.108. The lowest BCUT2D eigenvalue weighted by molar-refractivity contribution is 0.263. The van der Waals surface area contributed by atoms with E-state index in [1.165, 1.54) is 10.7 Å². The molecule has 0 saturated heterocycles. The molecule has 0 amide bonds. The fraction of sp³-hybridized carbons (Fsp3) is 0.462. The van der Waals surface area contributed by atoms with Crippen LogP contribution < -0.4 is 5.73 Å². The summed E-state index contributed by atoms with van der Waals surface area (Å²) in [5.74, 6) is 0.483. The molecule has 0 aliphatic heterocycles. The molecule has 4 nitrogen and oxygen atoms in total. The third kappa shape index (κ3) is 2.96. The van der Waals surface area contributed by atoms with Gasteiger partial charge in [0.15, 0.2) is 0 Å². The fourth-order valence-electron chi connectivity index (χ4n) is 2.20. The maximum atomic E-state index is 12.5. The Labute approximate surface area is 119 Å². The van der Waals surface area contributed by atoms with Gasteiger partial charge in [0.1, 0.15) is 4.99 Å². The Hall–Kier alpha value is -0.980. The van der Waals surface area contributed by atoms with E-state index in [4.69, 9.17) is 18.0 Å². The van der Waals surface area contributed by atoms with E-state index in [9.17, 15) is 8.42 Å². The van der Waals surface area contributed by atoms with Crippen LogP contribution in [-0.2, 0) is 10.0 Å². The molecule has 1 saturated carbocycles. The highest BCUT2D eigenvalue weighted by Crippen LogP contribution is 2.29. The van der Waals surface area contributed by atoms with Crippen molar-refractivity contribution in [2.45, 2.75) is 24.2 Å². The molecule has 6 heteroatoms. The third-order valence-corrected chi connectivity index (χ3v) is 5.68. The van der Waals surface area contributed by atoms with E-state index < -0.39 is 10.0 Å². The molecule has 0 aromatic heterocycles. The molecular formula is C13H18N2O2S2. The molecule has 1 aromatic rings. The zero-order chi connectivity index (χ0) is 14.0. The molecule has 0 atom stereocenters. The van der Waals surface area contributed by atoms with Gasteiger partial charge in [-0.15, -0.1) is 0 Å². The molecule has 19 heavy (non-hydrogen) atoms. The number of rotatable bonds is 5. The van der Waals surface area contributed by atoms with Gasteiger partial charge in [-0.25, -0.2) is 12.7 Å². The maximum Gasteiger partial charge on any atom is 0.243 e. The van der Waals surface area contributed by atoms with Gasteiger partial charge in [0.2, 0.25) is 10.0 Å². The van der Waals surface area contributed by atoms with Crippen molar-refractivity contribution in [3.05, 3.63) is 29.8 Å². The van der Waals surface area contributed by atoms with Gasteiger partial charge in [-0.1, -0.05) is 36.8 Å². The van der Waals surface area contributed by atoms with Crippen molar-refractivity contribution in [2.24, 2.45) is 11.7 Å². The van der Waals surface area contributed by atoms with Gasteiger partial charge in [0.25, 0.3) is 0 Å². The van der Waals surface area contributed by atoms with Gasteiger partial charge in [-0.2, -0.15) is 0 Å². The molecule has 0 spiro atoms. The molecule has 1 aliphatic carbocycles. The summed E-state index contributed by atoms with van der Waals surface area (Å²) in [6, 6.07) is 6.62. The summed E-state index contributed by atoms with van der Waals surface area (Å²) in [5, 5.41) is 0. The average Bonchev–Trinajstić information content (AvgIpc) is 2.33. The predicted octanol–water partition coefficient (Wildman–Crippen LogP) is 1.74. The van der Waals surface area contributed by atoms with Crippen LogP contribution in [0.1, 0.15) is 24.8 Å². The average molecular weight is 298 g/mol. The normalized spacial score (nSPS) is 16.3. The van der Waals surface area contributed by atoms with E-state index in [1.807, 2.05) is 0 Å². The lowest BCUT2D eigenvalue weighted by atomic mass is 9.86. The van der Waals surface area contributed by atoms with Crippen LogP contribution in [-0.4, -0.2) is 31.3 Å². The van der Waals surface area contributed by atoms with Crippen LogP contribution in [0.5, 0.6) is 0 Å². The third-order valence-electron chi connectivity index (χ3n) is 3.58. The van der Waals surface area contributed by atoms with Crippen molar-refractivity contribution in [2.75, 3.05) is 13.6 Å². The molecule has 0 radical (unpaired) electrons. The smallest absolute Gasteiger partial charge is 0.243 e. The first kappa shape index (κ1) is 14.4. The maximum absolute atomic E-state index is 12.5. The van der Waals surface area contributed by atoms with E-state index in [1.54, 1.807) is 31.3 Å². The first-order chi connectivity index (χ1) is 8.93. The van der Waals surface area contributed by atoms with Gasteiger partial charge >= 0.3 is 0 Å². The number of benzene rings is 1. The van der Waals surface area contributed by atoms with E-state index >= 15 is 0 Å². The monoisotopic (exact) mass is 298 g/mol. The number of thiocarbonyl (C=S) groups is 1. The van der Waals surface area contributed by atoms with Crippen molar-refractivity contribution >= 4 is 27.2 Å². The highest BCUT2D eigenvalue weighted by molar-refractivity contribution is 7.89. The molecule has 0 bridgehead atoms. The summed E-state index contributed by atoms with van der Waals surface area (Å²) >= 11 is 4.92. The quantitative estimate of drug-likeness (QED) is 0.841. The molecule has 104 valence electrons. The molecule has 0 unspecified atom stereocenters. The topological polar surface area (TPSA) is 63.4 Å². The lowest BCUT2D eigenvalue weighted by Gasteiger charge is -2.30. The highest BCUT2D eigenvalue weighted by Gasteiger charge is 2.28. The summed E-state index contributed by atoms with van der Waals surface area (Å²) in [6.45, 7) is 0.563. The van der Waals surface area contributed by atoms with Crippen molar-refractivity contribution in [3.8, 4) is 0 Å². The Kier molecular flexibility index (Phi) is 4.23. The number of nitrogens with two attached hydrogens (primary N) is 1. The van der Waals surface area contributed by atoms with Crippen molar-refractivity contribution in [1.29, 1.82) is 0 Å². The number of sulfonamides is 1. The van der Waals surface area contributed by atoms with Crippen LogP contribution in [0.3, 0.4) is 0 Å². The van der Waals surface area contributed by atoms with Crippen LogP contribution in [0.4, 0.5) is 0 Å². The van der Waals surface area contributed by atoms with Crippen molar-refractivity contribution < 1.29 is 8.42 Å². The lowest BCUT2D eigenvalue weighted by Crippen LogP contribution is -2.35. The minimum atomic E-state index is -3.52. The first-order valence-electron chi connectivity index (χ1n) is 6.28.